The van der Waals surface area contributed by atoms with Gasteiger partial charge in [-0.15, -0.1) is 0 Å². The number of aryl methyl sites for hydroxylation is 2. The quantitative estimate of drug-likeness (QED) is 0.672. The maximum Gasteiger partial charge on any atom is 0.264 e. The molecule has 0 saturated heterocycles. The summed E-state index contributed by atoms with van der Waals surface area (Å²) in [6.45, 7) is 3.90. The minimum Gasteiger partial charge on any atom is -0.336 e. The first-order valence-corrected chi connectivity index (χ1v) is 9.28. The monoisotopic (exact) mass is 389 g/mol. The van der Waals surface area contributed by atoms with Gasteiger partial charge >= 0.3 is 0 Å². The van der Waals surface area contributed by atoms with E-state index in [1.54, 1.807) is 43.9 Å². The number of carbonyl (C=O) groups is 1. The normalized spacial score (nSPS) is 11.7. The molecule has 29 heavy (non-hydrogen) atoms. The van der Waals surface area contributed by atoms with Crippen molar-refractivity contribution in [3.63, 3.8) is 0 Å². The number of hydrogen-bond acceptors (Lipinski definition) is 4. The Balaban J connectivity index is 1.92. The van der Waals surface area contributed by atoms with E-state index >= 15 is 0 Å². The van der Waals surface area contributed by atoms with E-state index in [2.05, 4.69) is 5.10 Å². The first-order chi connectivity index (χ1) is 13.8. The molecule has 3 aromatic rings. The van der Waals surface area contributed by atoms with E-state index in [-0.39, 0.29) is 29.6 Å². The first-order valence-electron chi connectivity index (χ1n) is 9.28. The van der Waals surface area contributed by atoms with Gasteiger partial charge in [0.25, 0.3) is 11.5 Å². The molecule has 2 heterocycles. The second-order valence-electron chi connectivity index (χ2n) is 7.09. The van der Waals surface area contributed by atoms with E-state index in [4.69, 9.17) is 5.26 Å². The fourth-order valence-electron chi connectivity index (χ4n) is 3.31. The number of amides is 1. The van der Waals surface area contributed by atoms with Crippen molar-refractivity contribution in [1.82, 2.24) is 19.2 Å². The van der Waals surface area contributed by atoms with Gasteiger partial charge in [-0.3, -0.25) is 14.3 Å². The van der Waals surface area contributed by atoms with Crippen LogP contribution in [0.3, 0.4) is 0 Å². The van der Waals surface area contributed by atoms with Gasteiger partial charge < -0.3 is 9.47 Å². The zero-order valence-electron chi connectivity index (χ0n) is 17.0. The zero-order valence-corrected chi connectivity index (χ0v) is 17.0. The fourth-order valence-corrected chi connectivity index (χ4v) is 3.31. The van der Waals surface area contributed by atoms with Crippen LogP contribution in [0.4, 0.5) is 0 Å². The highest BCUT2D eigenvalue weighted by Crippen LogP contribution is 2.17. The molecule has 0 fully saturated rings. The van der Waals surface area contributed by atoms with Gasteiger partial charge in [-0.2, -0.15) is 10.4 Å². The minimum absolute atomic E-state index is 0.147. The average molecular weight is 389 g/mol. The Morgan fingerprint density at radius 1 is 1.28 bits per heavy atom. The minimum atomic E-state index is -0.369. The summed E-state index contributed by atoms with van der Waals surface area (Å²) >= 11 is 0. The van der Waals surface area contributed by atoms with Crippen molar-refractivity contribution in [2.24, 2.45) is 7.05 Å². The number of carbonyl (C=O) groups excluding carboxylic acids is 1. The van der Waals surface area contributed by atoms with Crippen LogP contribution in [-0.2, 0) is 13.6 Å². The maximum absolute atomic E-state index is 13.2. The molecule has 0 saturated carbocycles. The van der Waals surface area contributed by atoms with Gasteiger partial charge in [-0.05, 0) is 37.1 Å². The third-order valence-electron chi connectivity index (χ3n) is 5.03. The molecule has 0 aliphatic carbocycles. The molecule has 0 aliphatic heterocycles. The molecule has 0 bridgehead atoms. The van der Waals surface area contributed by atoms with Crippen molar-refractivity contribution >= 4 is 5.91 Å². The lowest BCUT2D eigenvalue weighted by Gasteiger charge is -2.20. The number of aromatic nitrogens is 3. The van der Waals surface area contributed by atoms with Crippen LogP contribution in [0.25, 0.3) is 0 Å². The summed E-state index contributed by atoms with van der Waals surface area (Å²) < 4.78 is 3.05. The lowest BCUT2D eigenvalue weighted by atomic mass is 10.1. The Morgan fingerprint density at radius 3 is 2.59 bits per heavy atom. The number of pyridine rings is 1. The number of nitrogens with zero attached hydrogens (tertiary/aromatic N) is 5. The number of benzene rings is 1. The second kappa shape index (κ2) is 8.15. The van der Waals surface area contributed by atoms with E-state index in [0.717, 1.165) is 5.56 Å². The van der Waals surface area contributed by atoms with E-state index < -0.39 is 0 Å². The summed E-state index contributed by atoms with van der Waals surface area (Å²) in [6.07, 6.45) is 1.73. The largest absolute Gasteiger partial charge is 0.336 e. The van der Waals surface area contributed by atoms with Crippen LogP contribution in [0, 0.1) is 18.3 Å². The van der Waals surface area contributed by atoms with Crippen molar-refractivity contribution in [2.45, 2.75) is 26.4 Å². The smallest absolute Gasteiger partial charge is 0.264 e. The third kappa shape index (κ3) is 3.97. The molecule has 3 rings (SSSR count). The molecule has 0 N–H and O–H groups in total. The predicted molar refractivity (Wildman–Crippen MR) is 109 cm³/mol. The molecule has 0 aliphatic rings. The number of rotatable bonds is 5. The van der Waals surface area contributed by atoms with E-state index in [9.17, 15) is 9.59 Å². The summed E-state index contributed by atoms with van der Waals surface area (Å²) in [7, 11) is 3.30. The van der Waals surface area contributed by atoms with Crippen LogP contribution in [0.15, 0.2) is 53.5 Å². The van der Waals surface area contributed by atoms with Crippen molar-refractivity contribution in [3.8, 4) is 6.07 Å². The van der Waals surface area contributed by atoms with Crippen molar-refractivity contribution < 1.29 is 4.79 Å². The van der Waals surface area contributed by atoms with Gasteiger partial charge in [0.15, 0.2) is 0 Å². The van der Waals surface area contributed by atoms with Crippen molar-refractivity contribution in [2.75, 3.05) is 7.05 Å². The van der Waals surface area contributed by atoms with Crippen LogP contribution in [0.5, 0.6) is 0 Å². The Hall–Kier alpha value is -3.66. The lowest BCUT2D eigenvalue weighted by Crippen LogP contribution is -2.36. The highest BCUT2D eigenvalue weighted by atomic mass is 16.2. The molecule has 1 unspecified atom stereocenters. The van der Waals surface area contributed by atoms with Crippen LogP contribution in [-0.4, -0.2) is 32.2 Å². The van der Waals surface area contributed by atoms with Gasteiger partial charge in [0.1, 0.15) is 17.3 Å². The molecule has 1 aromatic carbocycles. The topological polar surface area (TPSA) is 83.9 Å². The van der Waals surface area contributed by atoms with Gasteiger partial charge in [0.2, 0.25) is 0 Å². The number of nitriles is 1. The summed E-state index contributed by atoms with van der Waals surface area (Å²) in [4.78, 5) is 27.7. The van der Waals surface area contributed by atoms with Gasteiger partial charge in [0.05, 0.1) is 18.3 Å². The molecule has 0 radical (unpaired) electrons. The summed E-state index contributed by atoms with van der Waals surface area (Å²) in [5.74, 6) is -0.369. The van der Waals surface area contributed by atoms with Gasteiger partial charge in [-0.25, -0.2) is 0 Å². The standard InChI is InChI=1S/C22H23N5O2/c1-15-10-11-27(16(2)17-8-6-5-7-9-17)22(29)20(15)21(28)25(3)14-18-12-19(13-23)26(4)24-18/h5-12,16H,14H2,1-4H3. The highest BCUT2D eigenvalue weighted by molar-refractivity contribution is 5.95. The molecule has 7 heteroatoms. The molecule has 1 amide bonds. The molecule has 1 atom stereocenters. The van der Waals surface area contributed by atoms with E-state index in [1.807, 2.05) is 43.3 Å². The second-order valence-corrected chi connectivity index (χ2v) is 7.09. The first kappa shape index (κ1) is 20.1. The number of hydrogen-bond donors (Lipinski definition) is 0. The Kier molecular flexibility index (Phi) is 5.64. The van der Waals surface area contributed by atoms with E-state index in [0.29, 0.717) is 17.0 Å². The van der Waals surface area contributed by atoms with E-state index in [1.165, 1.54) is 9.58 Å². The predicted octanol–water partition coefficient (Wildman–Crippen LogP) is 2.64. The van der Waals surface area contributed by atoms with Gasteiger partial charge in [0, 0.05) is 20.3 Å². The third-order valence-corrected chi connectivity index (χ3v) is 5.03. The Morgan fingerprint density at radius 2 is 1.97 bits per heavy atom. The molecular weight excluding hydrogens is 366 g/mol. The average Bonchev–Trinajstić information content (AvgIpc) is 3.07. The molecule has 7 nitrogen and oxygen atoms in total. The molecule has 148 valence electrons. The summed E-state index contributed by atoms with van der Waals surface area (Å²) in [6, 6.07) is 15.0. The SMILES string of the molecule is Cc1ccn(C(C)c2ccccc2)c(=O)c1C(=O)N(C)Cc1cc(C#N)n(C)n1. The summed E-state index contributed by atoms with van der Waals surface area (Å²) in [5, 5.41) is 13.3. The fraction of sp³-hybridized carbons (Fsp3) is 0.273. The van der Waals surface area contributed by atoms with Crippen LogP contribution in [0.2, 0.25) is 0 Å². The Labute approximate surface area is 169 Å². The van der Waals surface area contributed by atoms with Crippen LogP contribution < -0.4 is 5.56 Å². The van der Waals surface area contributed by atoms with Crippen molar-refractivity contribution in [3.05, 3.63) is 87.1 Å². The van der Waals surface area contributed by atoms with Gasteiger partial charge in [-0.1, -0.05) is 30.3 Å². The zero-order chi connectivity index (χ0) is 21.1. The molecular formula is C22H23N5O2. The maximum atomic E-state index is 13.2. The Bertz CT molecular complexity index is 1140. The highest BCUT2D eigenvalue weighted by Gasteiger charge is 2.22. The van der Waals surface area contributed by atoms with Crippen molar-refractivity contribution in [1.29, 1.82) is 5.26 Å². The van der Waals surface area contributed by atoms with Crippen LogP contribution >= 0.6 is 0 Å². The summed E-state index contributed by atoms with van der Waals surface area (Å²) in [5.41, 5.74) is 2.44. The lowest BCUT2D eigenvalue weighted by molar-refractivity contribution is 0.0780. The molecule has 2 aromatic heterocycles. The molecule has 0 spiro atoms. The van der Waals surface area contributed by atoms with Crippen LogP contribution in [0.1, 0.15) is 45.8 Å².